The van der Waals surface area contributed by atoms with Gasteiger partial charge in [0.2, 0.25) is 0 Å². The average Bonchev–Trinajstić information content (AvgIpc) is 2.92. The Morgan fingerprint density at radius 1 is 1.20 bits per heavy atom. The minimum Gasteiger partial charge on any atom is -0.496 e. The second kappa shape index (κ2) is 4.98. The molecule has 1 aromatic heterocycles. The third-order valence-corrected chi connectivity index (χ3v) is 3.46. The first-order valence-corrected chi connectivity index (χ1v) is 6.43. The van der Waals surface area contributed by atoms with Crippen LogP contribution < -0.4 is 4.74 Å². The number of nitrogens with zero attached hydrogens (tertiary/aromatic N) is 2. The molecule has 1 N–H and O–H groups in total. The van der Waals surface area contributed by atoms with Crippen molar-refractivity contribution in [2.75, 3.05) is 7.11 Å². The van der Waals surface area contributed by atoms with Crippen molar-refractivity contribution in [3.8, 4) is 5.75 Å². The highest BCUT2D eigenvalue weighted by molar-refractivity contribution is 5.88. The van der Waals surface area contributed by atoms with Gasteiger partial charge in [-0.25, -0.2) is 0 Å². The number of benzene rings is 2. The van der Waals surface area contributed by atoms with Gasteiger partial charge in [-0.15, -0.1) is 0 Å². The fourth-order valence-corrected chi connectivity index (χ4v) is 2.48. The van der Waals surface area contributed by atoms with E-state index in [4.69, 9.17) is 4.74 Å². The Kier molecular flexibility index (Phi) is 3.16. The standard InChI is InChI=1S/C16H16N2O2/c1-18-10-12(9-17-18)16(19)15-13-6-4-3-5-11(13)7-8-14(15)20-2/h3-10,16,19H,1-2H3. The van der Waals surface area contributed by atoms with E-state index in [1.54, 1.807) is 18.0 Å². The van der Waals surface area contributed by atoms with E-state index in [-0.39, 0.29) is 0 Å². The molecular formula is C16H16N2O2. The summed E-state index contributed by atoms with van der Waals surface area (Å²) >= 11 is 0. The molecule has 0 aliphatic heterocycles. The molecule has 3 rings (SSSR count). The molecule has 4 heteroatoms. The first-order chi connectivity index (χ1) is 9.70. The minimum absolute atomic E-state index is 0.681. The zero-order chi connectivity index (χ0) is 14.1. The first kappa shape index (κ1) is 12.7. The summed E-state index contributed by atoms with van der Waals surface area (Å²) in [4.78, 5) is 0. The van der Waals surface area contributed by atoms with Crippen molar-refractivity contribution in [3.05, 3.63) is 59.9 Å². The van der Waals surface area contributed by atoms with Crippen molar-refractivity contribution in [2.24, 2.45) is 7.05 Å². The smallest absolute Gasteiger partial charge is 0.125 e. The molecule has 0 saturated carbocycles. The molecule has 0 bridgehead atoms. The maximum Gasteiger partial charge on any atom is 0.125 e. The van der Waals surface area contributed by atoms with Crippen LogP contribution in [0.2, 0.25) is 0 Å². The lowest BCUT2D eigenvalue weighted by atomic mass is 9.96. The molecule has 0 radical (unpaired) electrons. The number of aliphatic hydroxyl groups excluding tert-OH is 1. The third kappa shape index (κ3) is 2.04. The van der Waals surface area contributed by atoms with E-state index in [0.717, 1.165) is 21.9 Å². The van der Waals surface area contributed by atoms with Crippen LogP contribution >= 0.6 is 0 Å². The molecule has 0 aliphatic carbocycles. The van der Waals surface area contributed by atoms with Crippen LogP contribution in [-0.4, -0.2) is 22.0 Å². The molecule has 4 nitrogen and oxygen atoms in total. The van der Waals surface area contributed by atoms with Gasteiger partial charge in [0.25, 0.3) is 0 Å². The predicted octanol–water partition coefficient (Wildman–Crippen LogP) is 2.66. The van der Waals surface area contributed by atoms with Crippen molar-refractivity contribution in [3.63, 3.8) is 0 Å². The molecule has 0 saturated heterocycles. The first-order valence-electron chi connectivity index (χ1n) is 6.43. The molecule has 1 atom stereocenters. The lowest BCUT2D eigenvalue weighted by molar-refractivity contribution is 0.216. The number of aromatic nitrogens is 2. The average molecular weight is 268 g/mol. The van der Waals surface area contributed by atoms with E-state index in [1.807, 2.05) is 49.6 Å². The van der Waals surface area contributed by atoms with Crippen molar-refractivity contribution < 1.29 is 9.84 Å². The summed E-state index contributed by atoms with van der Waals surface area (Å²) in [5, 5.41) is 16.9. The molecular weight excluding hydrogens is 252 g/mol. The van der Waals surface area contributed by atoms with Crippen LogP contribution in [0, 0.1) is 0 Å². The van der Waals surface area contributed by atoms with Gasteiger partial charge < -0.3 is 9.84 Å². The van der Waals surface area contributed by atoms with Gasteiger partial charge in [-0.3, -0.25) is 4.68 Å². The lowest BCUT2D eigenvalue weighted by Gasteiger charge is -2.16. The SMILES string of the molecule is COc1ccc2ccccc2c1C(O)c1cnn(C)c1. The van der Waals surface area contributed by atoms with E-state index in [0.29, 0.717) is 5.75 Å². The quantitative estimate of drug-likeness (QED) is 0.794. The monoisotopic (exact) mass is 268 g/mol. The van der Waals surface area contributed by atoms with Crippen LogP contribution in [0.1, 0.15) is 17.2 Å². The van der Waals surface area contributed by atoms with Gasteiger partial charge >= 0.3 is 0 Å². The highest BCUT2D eigenvalue weighted by Gasteiger charge is 2.19. The van der Waals surface area contributed by atoms with E-state index in [2.05, 4.69) is 5.10 Å². The van der Waals surface area contributed by atoms with E-state index < -0.39 is 6.10 Å². The molecule has 2 aromatic carbocycles. The maximum atomic E-state index is 10.7. The number of rotatable bonds is 3. The Bertz CT molecular complexity index is 749. The fourth-order valence-electron chi connectivity index (χ4n) is 2.48. The van der Waals surface area contributed by atoms with Crippen LogP contribution in [-0.2, 0) is 7.05 Å². The lowest BCUT2D eigenvalue weighted by Crippen LogP contribution is -2.02. The summed E-state index contributed by atoms with van der Waals surface area (Å²) in [7, 11) is 3.44. The molecule has 0 amide bonds. The summed E-state index contributed by atoms with van der Waals surface area (Å²) in [5.74, 6) is 0.681. The predicted molar refractivity (Wildman–Crippen MR) is 77.8 cm³/mol. The van der Waals surface area contributed by atoms with E-state index in [9.17, 15) is 5.11 Å². The number of fused-ring (bicyclic) bond motifs is 1. The van der Waals surface area contributed by atoms with Crippen LogP contribution in [0.5, 0.6) is 5.75 Å². The molecule has 1 heterocycles. The number of aliphatic hydroxyl groups is 1. The Morgan fingerprint density at radius 2 is 2.00 bits per heavy atom. The van der Waals surface area contributed by atoms with Gasteiger partial charge in [0.05, 0.1) is 13.3 Å². The van der Waals surface area contributed by atoms with Crippen LogP contribution in [0.15, 0.2) is 48.8 Å². The van der Waals surface area contributed by atoms with Gasteiger partial charge in [0.1, 0.15) is 11.9 Å². The van der Waals surface area contributed by atoms with Gasteiger partial charge in [0, 0.05) is 24.4 Å². The third-order valence-electron chi connectivity index (χ3n) is 3.46. The van der Waals surface area contributed by atoms with Gasteiger partial charge in [0.15, 0.2) is 0 Å². The number of hydrogen-bond donors (Lipinski definition) is 1. The van der Waals surface area contributed by atoms with Crippen molar-refractivity contribution in [2.45, 2.75) is 6.10 Å². The number of ether oxygens (including phenoxy) is 1. The molecule has 3 aromatic rings. The molecule has 0 spiro atoms. The fraction of sp³-hybridized carbons (Fsp3) is 0.188. The van der Waals surface area contributed by atoms with E-state index >= 15 is 0 Å². The Labute approximate surface area is 117 Å². The molecule has 102 valence electrons. The summed E-state index contributed by atoms with van der Waals surface area (Å²) < 4.78 is 7.09. The van der Waals surface area contributed by atoms with Gasteiger partial charge in [-0.1, -0.05) is 30.3 Å². The van der Waals surface area contributed by atoms with Crippen molar-refractivity contribution >= 4 is 10.8 Å². The molecule has 0 aliphatic rings. The van der Waals surface area contributed by atoms with Gasteiger partial charge in [-0.2, -0.15) is 5.10 Å². The molecule has 20 heavy (non-hydrogen) atoms. The van der Waals surface area contributed by atoms with Crippen molar-refractivity contribution in [1.29, 1.82) is 0 Å². The largest absolute Gasteiger partial charge is 0.496 e. The normalized spacial score (nSPS) is 12.6. The van der Waals surface area contributed by atoms with E-state index in [1.165, 1.54) is 0 Å². The number of aryl methyl sites for hydroxylation is 1. The zero-order valence-corrected chi connectivity index (χ0v) is 11.4. The summed E-state index contributed by atoms with van der Waals surface area (Å²) in [6, 6.07) is 11.8. The molecule has 0 fully saturated rings. The number of methoxy groups -OCH3 is 1. The van der Waals surface area contributed by atoms with Crippen molar-refractivity contribution in [1.82, 2.24) is 9.78 Å². The summed E-state index contributed by atoms with van der Waals surface area (Å²) in [6.07, 6.45) is 2.72. The summed E-state index contributed by atoms with van der Waals surface area (Å²) in [5.41, 5.74) is 1.53. The summed E-state index contributed by atoms with van der Waals surface area (Å²) in [6.45, 7) is 0. The second-order valence-corrected chi connectivity index (χ2v) is 4.75. The van der Waals surface area contributed by atoms with Crippen LogP contribution in [0.25, 0.3) is 10.8 Å². The van der Waals surface area contributed by atoms with Crippen LogP contribution in [0.3, 0.4) is 0 Å². The maximum absolute atomic E-state index is 10.7. The minimum atomic E-state index is -0.759. The molecule has 1 unspecified atom stereocenters. The topological polar surface area (TPSA) is 47.3 Å². The van der Waals surface area contributed by atoms with Crippen LogP contribution in [0.4, 0.5) is 0 Å². The Morgan fingerprint density at radius 3 is 2.70 bits per heavy atom. The van der Waals surface area contributed by atoms with Gasteiger partial charge in [-0.05, 0) is 16.8 Å². The second-order valence-electron chi connectivity index (χ2n) is 4.75. The Hall–Kier alpha value is -2.33. The highest BCUT2D eigenvalue weighted by Crippen LogP contribution is 2.35. The Balaban J connectivity index is 2.22. The zero-order valence-electron chi connectivity index (χ0n) is 11.4. The number of hydrogen-bond acceptors (Lipinski definition) is 3. The highest BCUT2D eigenvalue weighted by atomic mass is 16.5.